The molecular weight excluding hydrogens is 278 g/mol. The van der Waals surface area contributed by atoms with Gasteiger partial charge in [0.05, 0.1) is 10.2 Å². The Labute approximate surface area is 113 Å². The number of nitrogens with one attached hydrogen (secondary N) is 1. The first-order valence-electron chi connectivity index (χ1n) is 6.31. The van der Waals surface area contributed by atoms with E-state index in [1.54, 1.807) is 0 Å². The summed E-state index contributed by atoms with van der Waals surface area (Å²) in [5.74, 6) is 2.56. The first-order valence-corrected chi connectivity index (χ1v) is 7.10. The molecule has 1 aromatic heterocycles. The van der Waals surface area contributed by atoms with Crippen molar-refractivity contribution in [2.75, 3.05) is 11.9 Å². The first-order chi connectivity index (χ1) is 8.04. The SMILES string of the molecule is CCCNc1nc(CCC(C)C)nc(C)c1Br. The smallest absolute Gasteiger partial charge is 0.144 e. The van der Waals surface area contributed by atoms with Gasteiger partial charge in [-0.15, -0.1) is 0 Å². The molecule has 1 N–H and O–H groups in total. The highest BCUT2D eigenvalue weighted by Gasteiger charge is 2.09. The Bertz CT molecular complexity index is 364. The molecule has 0 fully saturated rings. The lowest BCUT2D eigenvalue weighted by molar-refractivity contribution is 0.574. The number of nitrogens with zero attached hydrogens (tertiary/aromatic N) is 2. The van der Waals surface area contributed by atoms with Gasteiger partial charge in [-0.2, -0.15) is 0 Å². The van der Waals surface area contributed by atoms with Gasteiger partial charge in [-0.1, -0.05) is 20.8 Å². The summed E-state index contributed by atoms with van der Waals surface area (Å²) in [4.78, 5) is 9.09. The van der Waals surface area contributed by atoms with Crippen LogP contribution >= 0.6 is 15.9 Å². The zero-order valence-electron chi connectivity index (χ0n) is 11.2. The number of anilines is 1. The third-order valence-electron chi connectivity index (χ3n) is 2.55. The number of hydrogen-bond donors (Lipinski definition) is 1. The van der Waals surface area contributed by atoms with Gasteiger partial charge < -0.3 is 5.32 Å². The summed E-state index contributed by atoms with van der Waals surface area (Å²) in [6.45, 7) is 9.55. The highest BCUT2D eigenvalue weighted by molar-refractivity contribution is 9.10. The molecule has 17 heavy (non-hydrogen) atoms. The fourth-order valence-electron chi connectivity index (χ4n) is 1.51. The van der Waals surface area contributed by atoms with Crippen LogP contribution in [0.3, 0.4) is 0 Å². The van der Waals surface area contributed by atoms with Gasteiger partial charge in [0.1, 0.15) is 11.6 Å². The van der Waals surface area contributed by atoms with Crippen LogP contribution in [0.5, 0.6) is 0 Å². The van der Waals surface area contributed by atoms with Crippen LogP contribution in [0.25, 0.3) is 0 Å². The van der Waals surface area contributed by atoms with Crippen LogP contribution in [0.1, 0.15) is 45.1 Å². The molecular formula is C13H22BrN3. The summed E-state index contributed by atoms with van der Waals surface area (Å²) in [6.07, 6.45) is 3.18. The second-order valence-corrected chi connectivity index (χ2v) is 5.54. The fourth-order valence-corrected chi connectivity index (χ4v) is 1.82. The van der Waals surface area contributed by atoms with Crippen molar-refractivity contribution in [3.05, 3.63) is 16.0 Å². The van der Waals surface area contributed by atoms with Crippen molar-refractivity contribution < 1.29 is 0 Å². The minimum Gasteiger partial charge on any atom is -0.369 e. The molecule has 0 radical (unpaired) electrons. The molecule has 0 atom stereocenters. The summed E-state index contributed by atoms with van der Waals surface area (Å²) < 4.78 is 0.985. The van der Waals surface area contributed by atoms with Gasteiger partial charge in [0, 0.05) is 13.0 Å². The molecule has 4 heteroatoms. The molecule has 0 unspecified atom stereocenters. The lowest BCUT2D eigenvalue weighted by Gasteiger charge is -2.11. The Morgan fingerprint density at radius 2 is 2.00 bits per heavy atom. The van der Waals surface area contributed by atoms with Crippen LogP contribution in [0.2, 0.25) is 0 Å². The van der Waals surface area contributed by atoms with Gasteiger partial charge in [-0.3, -0.25) is 0 Å². The number of aromatic nitrogens is 2. The van der Waals surface area contributed by atoms with E-state index in [4.69, 9.17) is 0 Å². The highest BCUT2D eigenvalue weighted by atomic mass is 79.9. The third kappa shape index (κ3) is 4.62. The average molecular weight is 300 g/mol. The Kier molecular flexibility index (Phi) is 5.89. The van der Waals surface area contributed by atoms with Crippen molar-refractivity contribution in [2.24, 2.45) is 5.92 Å². The van der Waals surface area contributed by atoms with E-state index >= 15 is 0 Å². The van der Waals surface area contributed by atoms with Gasteiger partial charge >= 0.3 is 0 Å². The Morgan fingerprint density at radius 1 is 1.29 bits per heavy atom. The lowest BCUT2D eigenvalue weighted by atomic mass is 10.1. The zero-order chi connectivity index (χ0) is 12.8. The Hall–Kier alpha value is -0.640. The van der Waals surface area contributed by atoms with E-state index in [-0.39, 0.29) is 0 Å². The molecule has 1 rings (SSSR count). The molecule has 0 amide bonds. The standard InChI is InChI=1S/C13H22BrN3/c1-5-8-15-13-12(14)10(4)16-11(17-13)7-6-9(2)3/h9H,5-8H2,1-4H3,(H,15,16,17). The van der Waals surface area contributed by atoms with E-state index in [0.29, 0.717) is 5.92 Å². The zero-order valence-corrected chi connectivity index (χ0v) is 12.8. The topological polar surface area (TPSA) is 37.8 Å². The first kappa shape index (κ1) is 14.4. The number of halogens is 1. The van der Waals surface area contributed by atoms with Crippen LogP contribution in [-0.4, -0.2) is 16.5 Å². The largest absolute Gasteiger partial charge is 0.369 e. The third-order valence-corrected chi connectivity index (χ3v) is 3.50. The normalized spacial score (nSPS) is 10.9. The monoisotopic (exact) mass is 299 g/mol. The molecule has 0 saturated carbocycles. The maximum absolute atomic E-state index is 4.57. The van der Waals surface area contributed by atoms with Gasteiger partial charge in [0.2, 0.25) is 0 Å². The van der Waals surface area contributed by atoms with Crippen molar-refractivity contribution in [1.29, 1.82) is 0 Å². The van der Waals surface area contributed by atoms with Crippen LogP contribution in [0, 0.1) is 12.8 Å². The minimum atomic E-state index is 0.689. The van der Waals surface area contributed by atoms with E-state index in [0.717, 1.165) is 47.6 Å². The summed E-state index contributed by atoms with van der Waals surface area (Å²) in [6, 6.07) is 0. The van der Waals surface area contributed by atoms with Crippen LogP contribution in [0.15, 0.2) is 4.47 Å². The molecule has 0 bridgehead atoms. The predicted molar refractivity (Wildman–Crippen MR) is 76.4 cm³/mol. The van der Waals surface area contributed by atoms with Gasteiger partial charge in [0.15, 0.2) is 0 Å². The molecule has 1 heterocycles. The van der Waals surface area contributed by atoms with E-state index in [1.165, 1.54) is 0 Å². The van der Waals surface area contributed by atoms with Crippen molar-refractivity contribution in [2.45, 2.75) is 47.0 Å². The number of aryl methyl sites for hydroxylation is 2. The second kappa shape index (κ2) is 6.94. The molecule has 1 aromatic rings. The van der Waals surface area contributed by atoms with Gasteiger partial charge in [-0.05, 0) is 41.6 Å². The van der Waals surface area contributed by atoms with Gasteiger partial charge in [0.25, 0.3) is 0 Å². The lowest BCUT2D eigenvalue weighted by Crippen LogP contribution is -2.08. The summed E-state index contributed by atoms with van der Waals surface area (Å²) in [5.41, 5.74) is 1.01. The molecule has 3 nitrogen and oxygen atoms in total. The van der Waals surface area contributed by atoms with Crippen LogP contribution in [-0.2, 0) is 6.42 Å². The quantitative estimate of drug-likeness (QED) is 0.864. The van der Waals surface area contributed by atoms with Crippen molar-refractivity contribution in [1.82, 2.24) is 9.97 Å². The van der Waals surface area contributed by atoms with E-state index < -0.39 is 0 Å². The van der Waals surface area contributed by atoms with Crippen LogP contribution in [0.4, 0.5) is 5.82 Å². The van der Waals surface area contributed by atoms with Gasteiger partial charge in [-0.25, -0.2) is 9.97 Å². The molecule has 0 aliphatic rings. The molecule has 0 saturated heterocycles. The number of hydrogen-bond acceptors (Lipinski definition) is 3. The highest BCUT2D eigenvalue weighted by Crippen LogP contribution is 2.23. The fraction of sp³-hybridized carbons (Fsp3) is 0.692. The molecule has 0 aromatic carbocycles. The number of rotatable bonds is 6. The molecule has 0 aliphatic carbocycles. The minimum absolute atomic E-state index is 0.689. The summed E-state index contributed by atoms with van der Waals surface area (Å²) >= 11 is 3.54. The van der Waals surface area contributed by atoms with E-state index in [9.17, 15) is 0 Å². The predicted octanol–water partition coefficient (Wildman–Crippen LogP) is 3.96. The molecule has 0 aliphatic heterocycles. The Morgan fingerprint density at radius 3 is 2.59 bits per heavy atom. The second-order valence-electron chi connectivity index (χ2n) is 4.75. The summed E-state index contributed by atoms with van der Waals surface area (Å²) in [7, 11) is 0. The summed E-state index contributed by atoms with van der Waals surface area (Å²) in [5, 5.41) is 3.33. The molecule has 0 spiro atoms. The maximum Gasteiger partial charge on any atom is 0.144 e. The van der Waals surface area contributed by atoms with Crippen molar-refractivity contribution in [3.8, 4) is 0 Å². The van der Waals surface area contributed by atoms with Crippen molar-refractivity contribution in [3.63, 3.8) is 0 Å². The van der Waals surface area contributed by atoms with E-state index in [2.05, 4.69) is 52.0 Å². The van der Waals surface area contributed by atoms with Crippen molar-refractivity contribution >= 4 is 21.7 Å². The average Bonchev–Trinajstić information content (AvgIpc) is 2.28. The molecule has 96 valence electrons. The maximum atomic E-state index is 4.57. The Balaban J connectivity index is 2.81. The van der Waals surface area contributed by atoms with E-state index in [1.807, 2.05) is 6.92 Å². The van der Waals surface area contributed by atoms with Crippen LogP contribution < -0.4 is 5.32 Å².